The van der Waals surface area contributed by atoms with Crippen LogP contribution in [-0.2, 0) is 4.79 Å². The van der Waals surface area contributed by atoms with Crippen LogP contribution in [0, 0.1) is 13.8 Å². The third kappa shape index (κ3) is 5.40. The zero-order valence-electron chi connectivity index (χ0n) is 17.3. The Labute approximate surface area is 180 Å². The molecule has 1 amide bonds. The summed E-state index contributed by atoms with van der Waals surface area (Å²) in [5.41, 5.74) is 2.96. The molecular formula is C22H26N6OS. The molecule has 2 N–H and O–H groups in total. The number of likely N-dealkylation sites (tertiary alicyclic amines) is 1. The highest BCUT2D eigenvalue weighted by Gasteiger charge is 2.24. The van der Waals surface area contributed by atoms with E-state index < -0.39 is 0 Å². The molecule has 156 valence electrons. The number of hydrogen-bond donors (Lipinski definition) is 2. The summed E-state index contributed by atoms with van der Waals surface area (Å²) in [6.07, 6.45) is 5.78. The van der Waals surface area contributed by atoms with Crippen LogP contribution in [0.1, 0.15) is 35.0 Å². The van der Waals surface area contributed by atoms with Gasteiger partial charge in [0.1, 0.15) is 5.82 Å². The number of nitrogens with zero attached hydrogens (tertiary/aromatic N) is 4. The van der Waals surface area contributed by atoms with Crippen molar-refractivity contribution in [3.05, 3.63) is 59.0 Å². The van der Waals surface area contributed by atoms with Crippen LogP contribution in [0.3, 0.4) is 0 Å². The van der Waals surface area contributed by atoms with E-state index in [1.165, 1.54) is 11.3 Å². The number of nitrogens with one attached hydrogen (secondary N) is 2. The lowest BCUT2D eigenvalue weighted by Gasteiger charge is -2.31. The first kappa shape index (κ1) is 20.4. The molecule has 0 unspecified atom stereocenters. The number of piperidine rings is 1. The van der Waals surface area contributed by atoms with Gasteiger partial charge in [0.05, 0.1) is 18.4 Å². The van der Waals surface area contributed by atoms with Crippen molar-refractivity contribution in [2.45, 2.75) is 32.6 Å². The highest BCUT2D eigenvalue weighted by atomic mass is 32.1. The van der Waals surface area contributed by atoms with Gasteiger partial charge in [0, 0.05) is 34.9 Å². The second-order valence-electron chi connectivity index (χ2n) is 7.66. The normalized spacial score (nSPS) is 16.9. The predicted octanol–water partition coefficient (Wildman–Crippen LogP) is 4.11. The largest absolute Gasteiger partial charge is 0.339 e. The van der Waals surface area contributed by atoms with Gasteiger partial charge in [-0.15, -0.1) is 11.3 Å². The Bertz CT molecular complexity index is 1000. The van der Waals surface area contributed by atoms with E-state index in [-0.39, 0.29) is 5.91 Å². The van der Waals surface area contributed by atoms with Crippen molar-refractivity contribution in [1.29, 1.82) is 0 Å². The molecule has 30 heavy (non-hydrogen) atoms. The smallest absolute Gasteiger partial charge is 0.240 e. The van der Waals surface area contributed by atoms with Crippen LogP contribution in [0.5, 0.6) is 0 Å². The Morgan fingerprint density at radius 3 is 2.83 bits per heavy atom. The third-order valence-electron chi connectivity index (χ3n) is 5.11. The van der Waals surface area contributed by atoms with Crippen LogP contribution >= 0.6 is 11.3 Å². The molecule has 0 bridgehead atoms. The van der Waals surface area contributed by atoms with Gasteiger partial charge in [0.15, 0.2) is 5.13 Å². The molecule has 1 atom stereocenters. The minimum Gasteiger partial charge on any atom is -0.339 e. The van der Waals surface area contributed by atoms with Crippen LogP contribution in [0.25, 0.3) is 0 Å². The molecule has 3 aromatic heterocycles. The Morgan fingerprint density at radius 1 is 1.20 bits per heavy atom. The predicted molar refractivity (Wildman–Crippen MR) is 120 cm³/mol. The molecule has 4 heterocycles. The molecule has 0 radical (unpaired) electrons. The van der Waals surface area contributed by atoms with Crippen molar-refractivity contribution >= 4 is 33.9 Å². The SMILES string of the molecule is Cc1cccc(Nc2ccc([C@H]3CCCN(CC(=O)Nc4ncc(C)s4)C3)nc2)n1. The zero-order chi connectivity index (χ0) is 20.9. The molecule has 0 saturated carbocycles. The van der Waals surface area contributed by atoms with Crippen molar-refractivity contribution in [3.63, 3.8) is 0 Å². The van der Waals surface area contributed by atoms with E-state index in [1.807, 2.05) is 44.3 Å². The van der Waals surface area contributed by atoms with Gasteiger partial charge in [0.25, 0.3) is 0 Å². The number of amides is 1. The first-order chi connectivity index (χ1) is 14.5. The maximum Gasteiger partial charge on any atom is 0.240 e. The van der Waals surface area contributed by atoms with Gasteiger partial charge < -0.3 is 10.6 Å². The molecule has 1 aliphatic rings. The zero-order valence-corrected chi connectivity index (χ0v) is 18.1. The Hall–Kier alpha value is -2.84. The highest BCUT2D eigenvalue weighted by Crippen LogP contribution is 2.26. The molecule has 0 spiro atoms. The van der Waals surface area contributed by atoms with Gasteiger partial charge >= 0.3 is 0 Å². The van der Waals surface area contributed by atoms with Crippen LogP contribution in [0.2, 0.25) is 0 Å². The number of anilines is 3. The quantitative estimate of drug-likeness (QED) is 0.622. The molecule has 1 aliphatic heterocycles. The topological polar surface area (TPSA) is 83.0 Å². The van der Waals surface area contributed by atoms with Crippen molar-refractivity contribution in [2.24, 2.45) is 0 Å². The summed E-state index contributed by atoms with van der Waals surface area (Å²) < 4.78 is 0. The van der Waals surface area contributed by atoms with Crippen LogP contribution in [0.4, 0.5) is 16.6 Å². The van der Waals surface area contributed by atoms with E-state index in [9.17, 15) is 4.79 Å². The highest BCUT2D eigenvalue weighted by molar-refractivity contribution is 7.15. The van der Waals surface area contributed by atoms with Crippen LogP contribution in [0.15, 0.2) is 42.7 Å². The molecular weight excluding hydrogens is 396 g/mol. The number of carbonyl (C=O) groups excluding carboxylic acids is 1. The van der Waals surface area contributed by atoms with Crippen molar-refractivity contribution in [3.8, 4) is 0 Å². The van der Waals surface area contributed by atoms with E-state index >= 15 is 0 Å². The number of hydrogen-bond acceptors (Lipinski definition) is 7. The van der Waals surface area contributed by atoms with Gasteiger partial charge in [-0.2, -0.15) is 0 Å². The Balaban J connectivity index is 1.33. The lowest BCUT2D eigenvalue weighted by atomic mass is 9.94. The molecule has 4 rings (SSSR count). The molecule has 0 aliphatic carbocycles. The maximum atomic E-state index is 12.4. The number of thiazole rings is 1. The van der Waals surface area contributed by atoms with E-state index in [2.05, 4.69) is 36.6 Å². The number of aromatic nitrogens is 3. The second-order valence-corrected chi connectivity index (χ2v) is 8.89. The molecule has 8 heteroatoms. The number of rotatable bonds is 6. The van der Waals surface area contributed by atoms with Gasteiger partial charge in [-0.3, -0.25) is 14.7 Å². The van der Waals surface area contributed by atoms with Crippen molar-refractivity contribution < 1.29 is 4.79 Å². The number of carbonyl (C=O) groups is 1. The maximum absolute atomic E-state index is 12.4. The van der Waals surface area contributed by atoms with E-state index in [4.69, 9.17) is 0 Å². The lowest BCUT2D eigenvalue weighted by Crippen LogP contribution is -2.39. The fraction of sp³-hybridized carbons (Fsp3) is 0.364. The molecule has 7 nitrogen and oxygen atoms in total. The average Bonchev–Trinajstić information content (AvgIpc) is 3.13. The summed E-state index contributed by atoms with van der Waals surface area (Å²) >= 11 is 1.50. The molecule has 3 aromatic rings. The Morgan fingerprint density at radius 2 is 2.10 bits per heavy atom. The average molecular weight is 423 g/mol. The molecule has 0 aromatic carbocycles. The van der Waals surface area contributed by atoms with Crippen molar-refractivity contribution in [2.75, 3.05) is 30.3 Å². The summed E-state index contributed by atoms with van der Waals surface area (Å²) in [7, 11) is 0. The summed E-state index contributed by atoms with van der Waals surface area (Å²) in [6.45, 7) is 6.10. The van der Waals surface area contributed by atoms with E-state index in [1.54, 1.807) is 6.20 Å². The van der Waals surface area contributed by atoms with Gasteiger partial charge in [-0.05, 0) is 57.5 Å². The van der Waals surface area contributed by atoms with Gasteiger partial charge in [0.2, 0.25) is 5.91 Å². The molecule has 1 fully saturated rings. The summed E-state index contributed by atoms with van der Waals surface area (Å²) in [5, 5.41) is 6.85. The van der Waals surface area contributed by atoms with Crippen molar-refractivity contribution in [1.82, 2.24) is 19.9 Å². The van der Waals surface area contributed by atoms with E-state index in [0.29, 0.717) is 17.6 Å². The molecule has 1 saturated heterocycles. The van der Waals surface area contributed by atoms with Crippen LogP contribution < -0.4 is 10.6 Å². The Kier molecular flexibility index (Phi) is 6.35. The number of pyridine rings is 2. The fourth-order valence-electron chi connectivity index (χ4n) is 3.70. The number of aryl methyl sites for hydroxylation is 2. The third-order valence-corrected chi connectivity index (χ3v) is 5.93. The first-order valence-corrected chi connectivity index (χ1v) is 11.0. The fourth-order valence-corrected chi connectivity index (χ4v) is 4.38. The monoisotopic (exact) mass is 422 g/mol. The van der Waals surface area contributed by atoms with Gasteiger partial charge in [-0.1, -0.05) is 6.07 Å². The summed E-state index contributed by atoms with van der Waals surface area (Å²) in [5.74, 6) is 1.14. The standard InChI is InChI=1S/C22H26N6OS/c1-15-5-3-7-20(25-15)26-18-8-9-19(23-12-18)17-6-4-10-28(13-17)14-21(29)27-22-24-11-16(2)30-22/h3,5,7-9,11-12,17H,4,6,10,13-14H2,1-2H3,(H,25,26)(H,24,27,29)/t17-/m0/s1. The minimum atomic E-state index is -0.0110. The minimum absolute atomic E-state index is 0.0110. The summed E-state index contributed by atoms with van der Waals surface area (Å²) in [6, 6.07) is 10.0. The lowest BCUT2D eigenvalue weighted by molar-refractivity contribution is -0.117. The summed E-state index contributed by atoms with van der Waals surface area (Å²) in [4.78, 5) is 29.0. The van der Waals surface area contributed by atoms with E-state index in [0.717, 1.165) is 53.7 Å². The first-order valence-electron chi connectivity index (χ1n) is 10.2. The van der Waals surface area contributed by atoms with Crippen LogP contribution in [-0.4, -0.2) is 45.4 Å². The van der Waals surface area contributed by atoms with Gasteiger partial charge in [-0.25, -0.2) is 9.97 Å². The second kappa shape index (κ2) is 9.32.